The molecular formula is C10H20BN. The Hall–Kier alpha value is 0.0249. The van der Waals surface area contributed by atoms with Gasteiger partial charge in [-0.2, -0.15) is 0 Å². The van der Waals surface area contributed by atoms with Crippen molar-refractivity contribution in [2.24, 2.45) is 5.73 Å². The standard InChI is InChI=1S/C10H20BN/c11-9-5-3-1-2-4-6-10(12)8-7-9/h9-10H,1-8,12H2. The van der Waals surface area contributed by atoms with Crippen LogP contribution < -0.4 is 5.73 Å². The normalized spacial score (nSPS) is 34.4. The fourth-order valence-electron chi connectivity index (χ4n) is 1.88. The van der Waals surface area contributed by atoms with Crippen molar-refractivity contribution in [1.82, 2.24) is 0 Å². The maximum atomic E-state index is 5.93. The van der Waals surface area contributed by atoms with Crippen molar-refractivity contribution >= 4 is 7.85 Å². The van der Waals surface area contributed by atoms with Gasteiger partial charge in [-0.3, -0.25) is 0 Å². The van der Waals surface area contributed by atoms with Gasteiger partial charge in [0.2, 0.25) is 0 Å². The molecule has 1 aliphatic carbocycles. The summed E-state index contributed by atoms with van der Waals surface area (Å²) in [5.74, 6) is 0.411. The van der Waals surface area contributed by atoms with E-state index < -0.39 is 0 Å². The largest absolute Gasteiger partial charge is 0.328 e. The lowest BCUT2D eigenvalue weighted by Gasteiger charge is -2.17. The van der Waals surface area contributed by atoms with E-state index in [1.165, 1.54) is 38.5 Å². The molecule has 1 rings (SSSR count). The molecule has 0 aromatic heterocycles. The highest BCUT2D eigenvalue weighted by atomic mass is 14.6. The fourth-order valence-corrected chi connectivity index (χ4v) is 1.88. The summed E-state index contributed by atoms with van der Waals surface area (Å²) in [6.07, 6.45) is 9.98. The molecule has 12 heavy (non-hydrogen) atoms. The number of hydrogen-bond acceptors (Lipinski definition) is 1. The summed E-state index contributed by atoms with van der Waals surface area (Å²) in [6, 6.07) is 0.411. The van der Waals surface area contributed by atoms with Gasteiger partial charge in [0.05, 0.1) is 7.85 Å². The molecule has 0 saturated heterocycles. The first-order chi connectivity index (χ1) is 5.79. The first-order valence-corrected chi connectivity index (χ1v) is 5.30. The van der Waals surface area contributed by atoms with E-state index in [-0.39, 0.29) is 0 Å². The predicted molar refractivity (Wildman–Crippen MR) is 54.4 cm³/mol. The lowest BCUT2D eigenvalue weighted by molar-refractivity contribution is 0.461. The molecule has 0 heterocycles. The first kappa shape index (κ1) is 10.1. The average molecular weight is 165 g/mol. The van der Waals surface area contributed by atoms with E-state index in [0.717, 1.165) is 12.8 Å². The van der Waals surface area contributed by atoms with Crippen molar-refractivity contribution < 1.29 is 0 Å². The summed E-state index contributed by atoms with van der Waals surface area (Å²) >= 11 is 0. The third-order valence-corrected chi connectivity index (χ3v) is 2.81. The van der Waals surface area contributed by atoms with E-state index in [0.29, 0.717) is 11.9 Å². The van der Waals surface area contributed by atoms with Gasteiger partial charge >= 0.3 is 0 Å². The van der Waals surface area contributed by atoms with E-state index in [1.54, 1.807) is 0 Å². The smallest absolute Gasteiger partial charge is 0.0699 e. The monoisotopic (exact) mass is 165 g/mol. The summed E-state index contributed by atoms with van der Waals surface area (Å²) in [5.41, 5.74) is 5.93. The molecule has 2 heteroatoms. The number of nitrogens with two attached hydrogens (primary N) is 1. The van der Waals surface area contributed by atoms with Crippen LogP contribution in [-0.2, 0) is 0 Å². The predicted octanol–water partition coefficient (Wildman–Crippen LogP) is 2.41. The van der Waals surface area contributed by atoms with Gasteiger partial charge < -0.3 is 5.73 Å². The summed E-state index contributed by atoms with van der Waals surface area (Å²) in [5, 5.41) is 0. The highest BCUT2D eigenvalue weighted by molar-refractivity contribution is 6.11. The van der Waals surface area contributed by atoms with Crippen molar-refractivity contribution in [3.05, 3.63) is 0 Å². The quantitative estimate of drug-likeness (QED) is 0.548. The topological polar surface area (TPSA) is 26.0 Å². The van der Waals surface area contributed by atoms with Crippen LogP contribution in [0.3, 0.4) is 0 Å². The van der Waals surface area contributed by atoms with Crippen molar-refractivity contribution in [3.63, 3.8) is 0 Å². The Kier molecular flexibility index (Phi) is 4.74. The molecule has 0 bridgehead atoms. The summed E-state index contributed by atoms with van der Waals surface area (Å²) in [6.45, 7) is 0. The van der Waals surface area contributed by atoms with Gasteiger partial charge in [-0.1, -0.05) is 44.3 Å². The molecule has 0 aliphatic heterocycles. The van der Waals surface area contributed by atoms with Crippen LogP contribution in [-0.4, -0.2) is 13.9 Å². The molecule has 2 atom stereocenters. The van der Waals surface area contributed by atoms with Gasteiger partial charge in [0.15, 0.2) is 0 Å². The average Bonchev–Trinajstić information content (AvgIpc) is 2.07. The third-order valence-electron chi connectivity index (χ3n) is 2.81. The molecule has 1 nitrogen and oxygen atoms in total. The van der Waals surface area contributed by atoms with Gasteiger partial charge in [-0.25, -0.2) is 0 Å². The van der Waals surface area contributed by atoms with Crippen LogP contribution in [0.4, 0.5) is 0 Å². The Morgan fingerprint density at radius 1 is 0.833 bits per heavy atom. The van der Waals surface area contributed by atoms with Crippen LogP contribution in [0.1, 0.15) is 51.4 Å². The molecule has 0 amide bonds. The molecule has 0 aromatic rings. The Morgan fingerprint density at radius 3 is 2.25 bits per heavy atom. The molecule has 68 valence electrons. The van der Waals surface area contributed by atoms with E-state index in [9.17, 15) is 0 Å². The zero-order valence-corrected chi connectivity index (χ0v) is 7.97. The van der Waals surface area contributed by atoms with Gasteiger partial charge in [-0.05, 0) is 12.8 Å². The minimum absolute atomic E-state index is 0.411. The second kappa shape index (κ2) is 5.63. The second-order valence-electron chi connectivity index (χ2n) is 4.09. The molecule has 0 spiro atoms. The molecule has 0 aromatic carbocycles. The fraction of sp³-hybridized carbons (Fsp3) is 1.00. The van der Waals surface area contributed by atoms with Gasteiger partial charge in [-0.15, -0.1) is 0 Å². The third kappa shape index (κ3) is 4.15. The van der Waals surface area contributed by atoms with Crippen LogP contribution in [0.15, 0.2) is 0 Å². The van der Waals surface area contributed by atoms with Crippen LogP contribution in [0.5, 0.6) is 0 Å². The van der Waals surface area contributed by atoms with Crippen LogP contribution in [0.2, 0.25) is 5.82 Å². The Labute approximate surface area is 77.5 Å². The Balaban J connectivity index is 2.23. The van der Waals surface area contributed by atoms with E-state index >= 15 is 0 Å². The van der Waals surface area contributed by atoms with Crippen LogP contribution in [0, 0.1) is 0 Å². The van der Waals surface area contributed by atoms with Crippen molar-refractivity contribution in [1.29, 1.82) is 0 Å². The van der Waals surface area contributed by atoms with E-state index in [2.05, 4.69) is 0 Å². The van der Waals surface area contributed by atoms with Crippen LogP contribution in [0.25, 0.3) is 0 Å². The second-order valence-corrected chi connectivity index (χ2v) is 4.09. The minimum atomic E-state index is 0.411. The van der Waals surface area contributed by atoms with Crippen LogP contribution >= 0.6 is 0 Å². The maximum Gasteiger partial charge on any atom is 0.0699 e. The Morgan fingerprint density at radius 2 is 1.50 bits per heavy atom. The maximum absolute atomic E-state index is 5.93. The Bertz CT molecular complexity index is 102. The number of rotatable bonds is 0. The van der Waals surface area contributed by atoms with Gasteiger partial charge in [0.25, 0.3) is 0 Å². The molecule has 2 radical (unpaired) electrons. The van der Waals surface area contributed by atoms with Crippen molar-refractivity contribution in [2.45, 2.75) is 63.2 Å². The summed E-state index contributed by atoms with van der Waals surface area (Å²) in [4.78, 5) is 0. The number of hydrogen-bond donors (Lipinski definition) is 1. The molecular weight excluding hydrogens is 145 g/mol. The molecule has 1 fully saturated rings. The first-order valence-electron chi connectivity index (χ1n) is 5.30. The van der Waals surface area contributed by atoms with E-state index in [1.807, 2.05) is 0 Å². The highest BCUT2D eigenvalue weighted by Crippen LogP contribution is 2.22. The van der Waals surface area contributed by atoms with Crippen molar-refractivity contribution in [2.75, 3.05) is 0 Å². The molecule has 2 N–H and O–H groups in total. The minimum Gasteiger partial charge on any atom is -0.328 e. The molecule has 2 unspecified atom stereocenters. The lowest BCUT2D eigenvalue weighted by atomic mass is 9.78. The van der Waals surface area contributed by atoms with Gasteiger partial charge in [0.1, 0.15) is 0 Å². The lowest BCUT2D eigenvalue weighted by Crippen LogP contribution is -2.20. The summed E-state index contributed by atoms with van der Waals surface area (Å²) in [7, 11) is 5.93. The highest BCUT2D eigenvalue weighted by Gasteiger charge is 2.08. The zero-order chi connectivity index (χ0) is 8.81. The zero-order valence-electron chi connectivity index (χ0n) is 7.97. The molecule has 1 aliphatic rings. The molecule has 1 saturated carbocycles. The van der Waals surface area contributed by atoms with E-state index in [4.69, 9.17) is 13.6 Å². The van der Waals surface area contributed by atoms with Crippen molar-refractivity contribution in [3.8, 4) is 0 Å². The van der Waals surface area contributed by atoms with Gasteiger partial charge in [0, 0.05) is 6.04 Å². The SMILES string of the molecule is [B]C1CCCCCCC(N)CC1. The summed E-state index contributed by atoms with van der Waals surface area (Å²) < 4.78 is 0.